The Bertz CT molecular complexity index is 2100. The molecule has 0 unspecified atom stereocenters. The second-order valence-corrected chi connectivity index (χ2v) is 15.4. The topological polar surface area (TPSA) is 118 Å². The second kappa shape index (κ2) is 12.2. The maximum Gasteiger partial charge on any atom is 0.416 e. The number of thiazole rings is 1. The molecule has 0 spiro atoms. The van der Waals surface area contributed by atoms with E-state index in [4.69, 9.17) is 21.1 Å². The number of fused-ring (bicyclic) bond motifs is 9. The summed E-state index contributed by atoms with van der Waals surface area (Å²) in [4.78, 5) is 58.0. The number of hydrogen-bond donors (Lipinski definition) is 2. The van der Waals surface area contributed by atoms with Crippen LogP contribution in [0, 0.1) is 29.6 Å². The molecule has 50 heavy (non-hydrogen) atoms. The molecule has 7 atom stereocenters. The van der Waals surface area contributed by atoms with Gasteiger partial charge in [-0.2, -0.15) is 13.2 Å². The van der Waals surface area contributed by atoms with Crippen molar-refractivity contribution in [2.24, 2.45) is 29.6 Å². The lowest BCUT2D eigenvalue weighted by molar-refractivity contribution is -0.137. The Kier molecular flexibility index (Phi) is 8.03. The first kappa shape index (κ1) is 32.9. The first-order valence-electron chi connectivity index (χ1n) is 15.7. The molecule has 4 aliphatic rings. The number of aromatic amines is 1. The Labute approximate surface area is 296 Å². The van der Waals surface area contributed by atoms with Gasteiger partial charge in [0.25, 0.3) is 5.91 Å². The predicted molar refractivity (Wildman–Crippen MR) is 181 cm³/mol. The first-order chi connectivity index (χ1) is 23.9. The molecule has 8 rings (SSSR count). The smallest absolute Gasteiger partial charge is 0.416 e. The van der Waals surface area contributed by atoms with Gasteiger partial charge in [-0.25, -0.2) is 0 Å². The molecule has 9 nitrogen and oxygen atoms in total. The van der Waals surface area contributed by atoms with Crippen LogP contribution >= 0.6 is 34.7 Å². The zero-order chi connectivity index (χ0) is 35.1. The lowest BCUT2D eigenvalue weighted by Gasteiger charge is -2.43. The molecule has 15 heteroatoms. The van der Waals surface area contributed by atoms with Crippen molar-refractivity contribution in [3.63, 3.8) is 0 Å². The zero-order valence-corrected chi connectivity index (χ0v) is 28.4. The number of imide groups is 1. The molecule has 1 aromatic heterocycles. The number of methoxy groups -OCH3 is 1. The lowest BCUT2D eigenvalue weighted by atomic mass is 9.68. The van der Waals surface area contributed by atoms with Crippen LogP contribution in [0.4, 0.5) is 24.5 Å². The molecule has 3 fully saturated rings. The van der Waals surface area contributed by atoms with E-state index in [1.54, 1.807) is 48.2 Å². The number of aromatic nitrogens is 1. The van der Waals surface area contributed by atoms with E-state index in [1.807, 2.05) is 6.07 Å². The second-order valence-electron chi connectivity index (χ2n) is 12.8. The van der Waals surface area contributed by atoms with Gasteiger partial charge in [-0.05, 0) is 84.3 Å². The fraction of sp³-hybridized carbons (Fsp3) is 0.314. The van der Waals surface area contributed by atoms with Crippen molar-refractivity contribution in [2.75, 3.05) is 23.9 Å². The Balaban J connectivity index is 1.06. The fourth-order valence-electron chi connectivity index (χ4n) is 8.35. The molecule has 4 aromatic rings. The zero-order valence-electron chi connectivity index (χ0n) is 26.0. The summed E-state index contributed by atoms with van der Waals surface area (Å²) in [5.74, 6) is -1.95. The van der Waals surface area contributed by atoms with E-state index in [0.717, 1.165) is 45.4 Å². The fourth-order valence-corrected chi connectivity index (χ4v) is 11.4. The lowest BCUT2D eigenvalue weighted by Crippen LogP contribution is -2.42. The number of nitrogens with one attached hydrogen (secondary N) is 2. The molecule has 2 aliphatic carbocycles. The normalized spacial score (nSPS) is 26.4. The number of halogens is 4. The predicted octanol–water partition coefficient (Wildman–Crippen LogP) is 6.81. The molecule has 3 heterocycles. The maximum absolute atomic E-state index is 14.0. The summed E-state index contributed by atoms with van der Waals surface area (Å²) in [6.45, 7) is -0.493. The van der Waals surface area contributed by atoms with E-state index in [2.05, 4.69) is 10.3 Å². The van der Waals surface area contributed by atoms with E-state index in [-0.39, 0.29) is 57.0 Å². The van der Waals surface area contributed by atoms with Crippen LogP contribution < -0.4 is 24.6 Å². The minimum atomic E-state index is -4.55. The number of alkyl halides is 3. The number of amides is 3. The van der Waals surface area contributed by atoms with Gasteiger partial charge in [-0.3, -0.25) is 24.1 Å². The number of thioether (sulfide) groups is 1. The van der Waals surface area contributed by atoms with Gasteiger partial charge < -0.3 is 19.8 Å². The van der Waals surface area contributed by atoms with Gasteiger partial charge >= 0.3 is 11.0 Å². The third kappa shape index (κ3) is 5.39. The number of hydrogen-bond acceptors (Lipinski definition) is 8. The Morgan fingerprint density at radius 2 is 1.74 bits per heavy atom. The number of carbonyl (C=O) groups is 3. The van der Waals surface area contributed by atoms with E-state index in [9.17, 15) is 32.3 Å². The molecule has 1 saturated heterocycles. The van der Waals surface area contributed by atoms with Crippen LogP contribution in [0.2, 0.25) is 5.02 Å². The monoisotopic (exact) mass is 741 g/mol. The number of H-pyrrole nitrogens is 1. The Morgan fingerprint density at radius 1 is 1.00 bits per heavy atom. The summed E-state index contributed by atoms with van der Waals surface area (Å²) < 4.78 is 50.7. The molecular weight excluding hydrogens is 715 g/mol. The minimum absolute atomic E-state index is 0.0198. The molecule has 2 N–H and O–H groups in total. The number of carbonyl (C=O) groups excluding carboxylic acids is 3. The van der Waals surface area contributed by atoms with Gasteiger partial charge in [-0.1, -0.05) is 35.1 Å². The van der Waals surface area contributed by atoms with Gasteiger partial charge in [0.2, 0.25) is 11.8 Å². The van der Waals surface area contributed by atoms with E-state index in [0.29, 0.717) is 16.5 Å². The average Bonchev–Trinajstić information content (AvgIpc) is 3.82. The van der Waals surface area contributed by atoms with Crippen molar-refractivity contribution in [1.82, 2.24) is 4.98 Å². The molecule has 3 aromatic carbocycles. The highest BCUT2D eigenvalue weighted by Crippen LogP contribution is 2.68. The van der Waals surface area contributed by atoms with E-state index < -0.39 is 36.1 Å². The van der Waals surface area contributed by atoms with Crippen molar-refractivity contribution in [3.05, 3.63) is 97.4 Å². The summed E-state index contributed by atoms with van der Waals surface area (Å²) in [6, 6.07) is 16.3. The van der Waals surface area contributed by atoms with E-state index >= 15 is 0 Å². The van der Waals surface area contributed by atoms with Crippen molar-refractivity contribution in [2.45, 2.75) is 28.8 Å². The number of ether oxygens (including phenoxy) is 2. The van der Waals surface area contributed by atoms with Crippen LogP contribution in [0.25, 0.3) is 0 Å². The highest BCUT2D eigenvalue weighted by atomic mass is 35.5. The summed E-state index contributed by atoms with van der Waals surface area (Å²) in [7, 11) is 1.45. The van der Waals surface area contributed by atoms with Gasteiger partial charge in [0.1, 0.15) is 0 Å². The van der Waals surface area contributed by atoms with Crippen molar-refractivity contribution in [1.29, 1.82) is 0 Å². The Hall–Kier alpha value is -4.27. The third-order valence-corrected chi connectivity index (χ3v) is 13.0. The first-order valence-corrected chi connectivity index (χ1v) is 17.8. The van der Waals surface area contributed by atoms with Crippen LogP contribution in [0.1, 0.15) is 28.3 Å². The van der Waals surface area contributed by atoms with Crippen LogP contribution in [0.3, 0.4) is 0 Å². The van der Waals surface area contributed by atoms with Crippen LogP contribution in [0.15, 0.2) is 76.6 Å². The number of rotatable bonds is 7. The molecule has 2 saturated carbocycles. The van der Waals surface area contributed by atoms with Crippen molar-refractivity contribution in [3.8, 4) is 11.5 Å². The molecule has 258 valence electrons. The SMILES string of the molecule is COc1cc([C@@H]2c3sc(=O)[nH]c3S[C@@H]3[C@@H]4C[C@@H]([C@@H]5C(=O)N(c6ccc(Cl)cc6)C(=O)[C@@H]45)[C@H]23)ccc1OCC(=O)Nc1cccc(C(F)(F)F)c1. The largest absolute Gasteiger partial charge is 0.493 e. The summed E-state index contributed by atoms with van der Waals surface area (Å²) >= 11 is 8.78. The standard InChI is InChI=1S/C35H27ClF3N3O6S2/c1-47-23-11-15(5-10-22(23)48-14-24(43)40-18-4-2-3-16(12-18)35(37,38)39)25-26-20-13-21(29(26)49-31-30(25)50-34(46)41-31)28-27(20)32(44)42(33(28)45)19-8-6-17(36)7-9-19/h2-12,20-21,25-29H,13-14H2,1H3,(H,40,43)(H,41,46)/t20-,21-,25+,26-,27+,28+,29-/m1/s1. The summed E-state index contributed by atoms with van der Waals surface area (Å²) in [5, 5.41) is 3.66. The highest BCUT2D eigenvalue weighted by molar-refractivity contribution is 8.00. The third-order valence-electron chi connectivity index (χ3n) is 10.2. The van der Waals surface area contributed by atoms with Crippen LogP contribution in [-0.2, 0) is 20.6 Å². The summed E-state index contributed by atoms with van der Waals surface area (Å²) in [6.07, 6.45) is -3.83. The van der Waals surface area contributed by atoms with Gasteiger partial charge in [0, 0.05) is 26.8 Å². The maximum atomic E-state index is 14.0. The van der Waals surface area contributed by atoms with Gasteiger partial charge in [-0.15, -0.1) is 11.8 Å². The molecule has 3 amide bonds. The molecule has 2 aliphatic heterocycles. The molecule has 0 radical (unpaired) electrons. The number of nitrogens with zero attached hydrogens (tertiary/aromatic N) is 1. The van der Waals surface area contributed by atoms with E-state index in [1.165, 1.54) is 24.1 Å². The van der Waals surface area contributed by atoms with Crippen LogP contribution in [0.5, 0.6) is 11.5 Å². The van der Waals surface area contributed by atoms with Crippen molar-refractivity contribution >= 4 is 63.8 Å². The number of anilines is 2. The quantitative estimate of drug-likeness (QED) is 0.200. The molecule has 2 bridgehead atoms. The summed E-state index contributed by atoms with van der Waals surface area (Å²) in [5.41, 5.74) is 0.414. The number of benzene rings is 3. The average molecular weight is 742 g/mol. The van der Waals surface area contributed by atoms with Crippen LogP contribution in [-0.4, -0.2) is 41.7 Å². The van der Waals surface area contributed by atoms with Crippen molar-refractivity contribution < 1.29 is 37.0 Å². The Morgan fingerprint density at radius 3 is 2.46 bits per heavy atom. The van der Waals surface area contributed by atoms with Gasteiger partial charge in [0.05, 0.1) is 35.2 Å². The highest BCUT2D eigenvalue weighted by Gasteiger charge is 2.69. The minimum Gasteiger partial charge on any atom is -0.493 e. The molecular formula is C35H27ClF3N3O6S2. The van der Waals surface area contributed by atoms with Gasteiger partial charge in [0.15, 0.2) is 18.1 Å².